The van der Waals surface area contributed by atoms with E-state index < -0.39 is 0 Å². The predicted molar refractivity (Wildman–Crippen MR) is 82.4 cm³/mol. The van der Waals surface area contributed by atoms with Gasteiger partial charge in [-0.15, -0.1) is 0 Å². The molecule has 0 spiro atoms. The summed E-state index contributed by atoms with van der Waals surface area (Å²) in [6.45, 7) is 9.03. The molecule has 1 aromatic rings. The van der Waals surface area contributed by atoms with Gasteiger partial charge in [-0.1, -0.05) is 19.1 Å². The van der Waals surface area contributed by atoms with Crippen LogP contribution in [0.1, 0.15) is 43.9 Å². The summed E-state index contributed by atoms with van der Waals surface area (Å²) in [5.74, 6) is 0.833. The lowest BCUT2D eigenvalue weighted by Gasteiger charge is -2.36. The van der Waals surface area contributed by atoms with Gasteiger partial charge >= 0.3 is 0 Å². The maximum Gasteiger partial charge on any atom is 0.0991 e. The van der Waals surface area contributed by atoms with Gasteiger partial charge in [0.25, 0.3) is 0 Å². The van der Waals surface area contributed by atoms with Crippen molar-refractivity contribution in [1.82, 2.24) is 10.2 Å². The van der Waals surface area contributed by atoms with E-state index >= 15 is 0 Å². The van der Waals surface area contributed by atoms with E-state index in [1.807, 2.05) is 12.1 Å². The molecule has 0 saturated carbocycles. The van der Waals surface area contributed by atoms with Gasteiger partial charge in [-0.3, -0.25) is 4.90 Å². The number of nitrogens with one attached hydrogen (secondary N) is 1. The molecule has 1 saturated heterocycles. The number of rotatable bonds is 5. The molecule has 1 fully saturated rings. The summed E-state index contributed by atoms with van der Waals surface area (Å²) in [7, 11) is 0. The van der Waals surface area contributed by atoms with Crippen LogP contribution < -0.4 is 5.32 Å². The minimum absolute atomic E-state index is 0.447. The number of hydrogen-bond acceptors (Lipinski definition) is 3. The van der Waals surface area contributed by atoms with Crippen LogP contribution in [0.3, 0.4) is 0 Å². The highest BCUT2D eigenvalue weighted by Crippen LogP contribution is 2.26. The average molecular weight is 271 g/mol. The molecule has 1 heterocycles. The van der Waals surface area contributed by atoms with E-state index in [0.717, 1.165) is 24.6 Å². The zero-order chi connectivity index (χ0) is 14.4. The van der Waals surface area contributed by atoms with Crippen LogP contribution in [-0.4, -0.2) is 31.1 Å². The first-order chi connectivity index (χ1) is 9.74. The number of hydrogen-bond donors (Lipinski definition) is 1. The largest absolute Gasteiger partial charge is 0.317 e. The fraction of sp³-hybridized carbons (Fsp3) is 0.588. The Balaban J connectivity index is 1.87. The smallest absolute Gasteiger partial charge is 0.0991 e. The molecule has 3 nitrogen and oxygen atoms in total. The highest BCUT2D eigenvalue weighted by Gasteiger charge is 2.23. The zero-order valence-corrected chi connectivity index (χ0v) is 12.6. The van der Waals surface area contributed by atoms with Crippen molar-refractivity contribution in [3.05, 3.63) is 35.4 Å². The summed E-state index contributed by atoms with van der Waals surface area (Å²) >= 11 is 0. The molecule has 1 aliphatic heterocycles. The molecule has 3 heteroatoms. The molecule has 1 aliphatic rings. The second-order valence-corrected chi connectivity index (χ2v) is 5.70. The molecule has 108 valence electrons. The van der Waals surface area contributed by atoms with Gasteiger partial charge in [-0.2, -0.15) is 5.26 Å². The third kappa shape index (κ3) is 3.82. The third-order valence-electron chi connectivity index (χ3n) is 4.40. The van der Waals surface area contributed by atoms with Crippen LogP contribution in [0.5, 0.6) is 0 Å². The van der Waals surface area contributed by atoms with Crippen LogP contribution in [0.25, 0.3) is 0 Å². The van der Waals surface area contributed by atoms with E-state index in [9.17, 15) is 0 Å². The van der Waals surface area contributed by atoms with E-state index in [0.29, 0.717) is 6.04 Å². The van der Waals surface area contributed by atoms with Gasteiger partial charge < -0.3 is 5.32 Å². The van der Waals surface area contributed by atoms with Gasteiger partial charge in [0.2, 0.25) is 0 Å². The Hall–Kier alpha value is -1.37. The average Bonchev–Trinajstić information content (AvgIpc) is 2.53. The number of piperidine rings is 1. The highest BCUT2D eigenvalue weighted by molar-refractivity contribution is 5.32. The zero-order valence-electron chi connectivity index (χ0n) is 12.6. The lowest BCUT2D eigenvalue weighted by molar-refractivity contribution is 0.140. The Morgan fingerprint density at radius 1 is 1.30 bits per heavy atom. The van der Waals surface area contributed by atoms with Crippen molar-refractivity contribution < 1.29 is 0 Å². The van der Waals surface area contributed by atoms with E-state index in [-0.39, 0.29) is 0 Å². The molecular formula is C17H25N3. The minimum Gasteiger partial charge on any atom is -0.317 e. The molecule has 1 N–H and O–H groups in total. The molecule has 0 aliphatic carbocycles. The van der Waals surface area contributed by atoms with Crippen LogP contribution in [0, 0.1) is 17.2 Å². The lowest BCUT2D eigenvalue weighted by atomic mass is 9.94. The van der Waals surface area contributed by atoms with Gasteiger partial charge in [-0.25, -0.2) is 0 Å². The number of nitriles is 1. The van der Waals surface area contributed by atoms with Crippen LogP contribution in [0.4, 0.5) is 0 Å². The highest BCUT2D eigenvalue weighted by atomic mass is 15.2. The summed E-state index contributed by atoms with van der Waals surface area (Å²) in [4.78, 5) is 2.56. The molecule has 1 aromatic carbocycles. The Morgan fingerprint density at radius 2 is 1.95 bits per heavy atom. The standard InChI is InChI=1S/C17H25N3/c1-3-19-13-16-8-10-20(11-9-16)14(2)17-6-4-15(12-18)5-7-17/h4-7,14,16,19H,3,8-11,13H2,1-2H3. The van der Waals surface area contributed by atoms with E-state index in [1.165, 1.54) is 31.5 Å². The van der Waals surface area contributed by atoms with Crippen molar-refractivity contribution in [3.8, 4) is 6.07 Å². The monoisotopic (exact) mass is 271 g/mol. The van der Waals surface area contributed by atoms with Crippen LogP contribution in [-0.2, 0) is 0 Å². The molecule has 20 heavy (non-hydrogen) atoms. The Labute approximate surface area is 122 Å². The van der Waals surface area contributed by atoms with Crippen molar-refractivity contribution in [1.29, 1.82) is 5.26 Å². The molecule has 1 unspecified atom stereocenters. The summed E-state index contributed by atoms with van der Waals surface area (Å²) < 4.78 is 0. The van der Waals surface area contributed by atoms with E-state index in [1.54, 1.807) is 0 Å². The maximum absolute atomic E-state index is 8.85. The first-order valence-electron chi connectivity index (χ1n) is 7.69. The Morgan fingerprint density at radius 3 is 2.50 bits per heavy atom. The first kappa shape index (κ1) is 15.0. The molecule has 0 amide bonds. The fourth-order valence-electron chi connectivity index (χ4n) is 2.94. The second kappa shape index (κ2) is 7.42. The molecule has 2 rings (SSSR count). The third-order valence-corrected chi connectivity index (χ3v) is 4.40. The van der Waals surface area contributed by atoms with Gasteiger partial charge in [0.15, 0.2) is 0 Å². The first-order valence-corrected chi connectivity index (χ1v) is 7.69. The van der Waals surface area contributed by atoms with Crippen molar-refractivity contribution in [2.24, 2.45) is 5.92 Å². The lowest BCUT2D eigenvalue weighted by Crippen LogP contribution is -2.38. The number of nitrogens with zero attached hydrogens (tertiary/aromatic N) is 2. The molecule has 0 aromatic heterocycles. The van der Waals surface area contributed by atoms with Crippen LogP contribution in [0.15, 0.2) is 24.3 Å². The molecule has 0 radical (unpaired) electrons. The maximum atomic E-state index is 8.85. The minimum atomic E-state index is 0.447. The number of benzene rings is 1. The summed E-state index contributed by atoms with van der Waals surface area (Å²) in [5, 5.41) is 12.3. The van der Waals surface area contributed by atoms with Gasteiger partial charge in [-0.05, 0) is 69.6 Å². The van der Waals surface area contributed by atoms with Gasteiger partial charge in [0.05, 0.1) is 11.6 Å². The molecule has 1 atom stereocenters. The summed E-state index contributed by atoms with van der Waals surface area (Å²) in [6.07, 6.45) is 2.57. The van der Waals surface area contributed by atoms with Crippen LogP contribution in [0.2, 0.25) is 0 Å². The number of likely N-dealkylation sites (tertiary alicyclic amines) is 1. The van der Waals surface area contributed by atoms with Crippen LogP contribution >= 0.6 is 0 Å². The topological polar surface area (TPSA) is 39.1 Å². The quantitative estimate of drug-likeness (QED) is 0.895. The summed E-state index contributed by atoms with van der Waals surface area (Å²) in [5.41, 5.74) is 2.06. The normalized spacial score (nSPS) is 18.6. The van der Waals surface area contributed by atoms with Gasteiger partial charge in [0, 0.05) is 6.04 Å². The SMILES string of the molecule is CCNCC1CCN(C(C)c2ccc(C#N)cc2)CC1. The van der Waals surface area contributed by atoms with Crippen molar-refractivity contribution in [2.75, 3.05) is 26.2 Å². The van der Waals surface area contributed by atoms with Gasteiger partial charge in [0.1, 0.15) is 0 Å². The Bertz CT molecular complexity index is 438. The second-order valence-electron chi connectivity index (χ2n) is 5.70. The van der Waals surface area contributed by atoms with Crippen molar-refractivity contribution in [2.45, 2.75) is 32.7 Å². The predicted octanol–water partition coefficient (Wildman–Crippen LogP) is 2.94. The van der Waals surface area contributed by atoms with Crippen molar-refractivity contribution >= 4 is 0 Å². The van der Waals surface area contributed by atoms with Crippen molar-refractivity contribution in [3.63, 3.8) is 0 Å². The molecular weight excluding hydrogens is 246 g/mol. The van der Waals surface area contributed by atoms with E-state index in [4.69, 9.17) is 5.26 Å². The summed E-state index contributed by atoms with van der Waals surface area (Å²) in [6, 6.07) is 10.6. The Kier molecular flexibility index (Phi) is 5.58. The fourth-order valence-corrected chi connectivity index (χ4v) is 2.94. The molecule has 0 bridgehead atoms. The van der Waals surface area contributed by atoms with E-state index in [2.05, 4.69) is 42.3 Å².